The minimum atomic E-state index is -0.289. The number of carbonyl (C=O) groups excluding carboxylic acids is 1. The molecule has 0 aliphatic rings. The average molecular weight is 495 g/mol. The molecule has 176 valence electrons. The first-order valence-electron chi connectivity index (χ1n) is 11.0. The molecule has 10 heteroatoms. The molecule has 6 rings (SSSR count). The molecule has 4 aromatic heterocycles. The molecule has 6 aromatic rings. The highest BCUT2D eigenvalue weighted by Crippen LogP contribution is 2.34. The summed E-state index contributed by atoms with van der Waals surface area (Å²) in [7, 11) is 0. The van der Waals surface area contributed by atoms with Crippen LogP contribution in [0.5, 0.6) is 0 Å². The van der Waals surface area contributed by atoms with Gasteiger partial charge in [0, 0.05) is 34.1 Å². The largest absolute Gasteiger partial charge is 0.464 e. The van der Waals surface area contributed by atoms with Gasteiger partial charge in [-0.3, -0.25) is 9.59 Å². The van der Waals surface area contributed by atoms with Crippen molar-refractivity contribution < 1.29 is 9.21 Å². The van der Waals surface area contributed by atoms with Crippen LogP contribution in [0.4, 0.5) is 23.0 Å². The number of nitrogen functional groups attached to an aromatic ring is 1. The van der Waals surface area contributed by atoms with Crippen molar-refractivity contribution in [3.05, 3.63) is 88.0 Å². The molecule has 0 unspecified atom stereocenters. The van der Waals surface area contributed by atoms with Crippen molar-refractivity contribution in [1.29, 1.82) is 0 Å². The van der Waals surface area contributed by atoms with E-state index in [-0.39, 0.29) is 11.3 Å². The van der Waals surface area contributed by atoms with Crippen LogP contribution in [0.1, 0.15) is 15.9 Å². The molecule has 0 aliphatic carbocycles. The number of pyridine rings is 1. The van der Waals surface area contributed by atoms with Crippen LogP contribution in [0, 0.1) is 6.92 Å². The molecule has 0 atom stereocenters. The van der Waals surface area contributed by atoms with Gasteiger partial charge in [0.1, 0.15) is 23.5 Å². The SMILES string of the molecule is Cc1ccc2c(Nc3ccc4occc(=O)c4c3)nccc2c1NC(=O)c1csc2c(N)ncnc12. The standard InChI is InChI=1S/C26H18N6O3S/c1-13-2-4-16-15(21(13)32-26(34)18-11-36-23-22(18)29-12-30-24(23)27)6-8-28-25(16)31-14-3-5-20-17(10-14)19(33)7-9-35-20/h2-12H,1H3,(H,28,31)(H,32,34)(H2,27,29,30). The summed E-state index contributed by atoms with van der Waals surface area (Å²) in [4.78, 5) is 38.2. The summed E-state index contributed by atoms with van der Waals surface area (Å²) in [6.07, 6.45) is 4.40. The quantitative estimate of drug-likeness (QED) is 0.303. The van der Waals surface area contributed by atoms with E-state index in [9.17, 15) is 9.59 Å². The lowest BCUT2D eigenvalue weighted by atomic mass is 10.0. The monoisotopic (exact) mass is 494 g/mol. The lowest BCUT2D eigenvalue weighted by molar-refractivity contribution is 0.102. The molecule has 4 heterocycles. The van der Waals surface area contributed by atoms with Gasteiger partial charge < -0.3 is 20.8 Å². The third-order valence-electron chi connectivity index (χ3n) is 5.94. The topological polar surface area (TPSA) is 136 Å². The summed E-state index contributed by atoms with van der Waals surface area (Å²) in [5.41, 5.74) is 9.52. The molecule has 2 aromatic carbocycles. The summed E-state index contributed by atoms with van der Waals surface area (Å²) in [5.74, 6) is 0.644. The van der Waals surface area contributed by atoms with E-state index >= 15 is 0 Å². The second-order valence-corrected chi connectivity index (χ2v) is 9.05. The second-order valence-electron chi connectivity index (χ2n) is 8.17. The number of carbonyl (C=O) groups is 1. The number of rotatable bonds is 4. The van der Waals surface area contributed by atoms with Crippen LogP contribution >= 0.6 is 11.3 Å². The van der Waals surface area contributed by atoms with Crippen LogP contribution in [0.3, 0.4) is 0 Å². The molecular weight excluding hydrogens is 476 g/mol. The summed E-state index contributed by atoms with van der Waals surface area (Å²) in [5, 5.41) is 10.2. The number of nitrogens with zero attached hydrogens (tertiary/aromatic N) is 3. The smallest absolute Gasteiger partial charge is 0.258 e. The van der Waals surface area contributed by atoms with Gasteiger partial charge in [0.15, 0.2) is 5.43 Å². The highest BCUT2D eigenvalue weighted by molar-refractivity contribution is 7.18. The molecule has 0 radical (unpaired) electrons. The molecule has 0 saturated carbocycles. The number of nitrogens with two attached hydrogens (primary N) is 1. The van der Waals surface area contributed by atoms with E-state index in [1.165, 1.54) is 30.0 Å². The summed E-state index contributed by atoms with van der Waals surface area (Å²) in [6.45, 7) is 1.93. The Kier molecular flexibility index (Phi) is 5.08. The van der Waals surface area contributed by atoms with E-state index < -0.39 is 0 Å². The first-order chi connectivity index (χ1) is 17.5. The molecule has 9 nitrogen and oxygen atoms in total. The average Bonchev–Trinajstić information content (AvgIpc) is 3.32. The van der Waals surface area contributed by atoms with Gasteiger partial charge in [0.25, 0.3) is 5.91 Å². The highest BCUT2D eigenvalue weighted by Gasteiger charge is 2.18. The van der Waals surface area contributed by atoms with E-state index in [1.807, 2.05) is 31.2 Å². The van der Waals surface area contributed by atoms with E-state index in [4.69, 9.17) is 10.2 Å². The molecule has 0 bridgehead atoms. The van der Waals surface area contributed by atoms with Crippen molar-refractivity contribution in [3.63, 3.8) is 0 Å². The van der Waals surface area contributed by atoms with Gasteiger partial charge >= 0.3 is 0 Å². The summed E-state index contributed by atoms with van der Waals surface area (Å²) < 4.78 is 6.08. The van der Waals surface area contributed by atoms with Crippen LogP contribution in [0.25, 0.3) is 32.0 Å². The fraction of sp³-hybridized carbons (Fsp3) is 0.0385. The number of aromatic nitrogens is 3. The zero-order chi connectivity index (χ0) is 24.8. The van der Waals surface area contributed by atoms with Crippen molar-refractivity contribution in [1.82, 2.24) is 15.0 Å². The molecule has 1 amide bonds. The van der Waals surface area contributed by atoms with E-state index in [2.05, 4.69) is 25.6 Å². The Bertz CT molecular complexity index is 1880. The zero-order valence-corrected chi connectivity index (χ0v) is 19.7. The van der Waals surface area contributed by atoms with E-state index in [0.717, 1.165) is 16.3 Å². The number of amides is 1. The fourth-order valence-electron chi connectivity index (χ4n) is 4.14. The Hall–Kier alpha value is -4.83. The lowest BCUT2D eigenvalue weighted by Crippen LogP contribution is -2.13. The van der Waals surface area contributed by atoms with Crippen LogP contribution in [-0.2, 0) is 0 Å². The maximum atomic E-state index is 13.3. The Balaban J connectivity index is 1.39. The van der Waals surface area contributed by atoms with Crippen LogP contribution in [0.15, 0.2) is 75.8 Å². The van der Waals surface area contributed by atoms with Crippen LogP contribution in [0.2, 0.25) is 0 Å². The number of thiophene rings is 1. The number of fused-ring (bicyclic) bond motifs is 3. The first kappa shape index (κ1) is 21.7. The third kappa shape index (κ3) is 3.60. The molecule has 0 fully saturated rings. The van der Waals surface area contributed by atoms with Crippen molar-refractivity contribution in [2.75, 3.05) is 16.4 Å². The Labute approximate surface area is 207 Å². The number of aryl methyl sites for hydroxylation is 1. The van der Waals surface area contributed by atoms with Crippen molar-refractivity contribution >= 4 is 72.2 Å². The van der Waals surface area contributed by atoms with Gasteiger partial charge in [-0.2, -0.15) is 0 Å². The number of nitrogens with one attached hydrogen (secondary N) is 2. The molecule has 36 heavy (non-hydrogen) atoms. The van der Waals surface area contributed by atoms with Crippen molar-refractivity contribution in [3.8, 4) is 0 Å². The van der Waals surface area contributed by atoms with Crippen LogP contribution < -0.4 is 21.8 Å². The minimum absolute atomic E-state index is 0.126. The van der Waals surface area contributed by atoms with E-state index in [0.29, 0.717) is 49.8 Å². The first-order valence-corrected chi connectivity index (χ1v) is 11.8. The summed E-state index contributed by atoms with van der Waals surface area (Å²) >= 11 is 1.33. The number of benzene rings is 2. The van der Waals surface area contributed by atoms with Crippen molar-refractivity contribution in [2.45, 2.75) is 6.92 Å². The van der Waals surface area contributed by atoms with Gasteiger partial charge in [0.05, 0.1) is 33.1 Å². The van der Waals surface area contributed by atoms with E-state index in [1.54, 1.807) is 23.7 Å². The number of hydrogen-bond donors (Lipinski definition) is 3. The zero-order valence-electron chi connectivity index (χ0n) is 18.9. The van der Waals surface area contributed by atoms with Crippen molar-refractivity contribution in [2.24, 2.45) is 0 Å². The van der Waals surface area contributed by atoms with Crippen LogP contribution in [-0.4, -0.2) is 20.9 Å². The van der Waals surface area contributed by atoms with Gasteiger partial charge in [-0.05, 0) is 36.8 Å². The number of anilines is 4. The third-order valence-corrected chi connectivity index (χ3v) is 6.93. The van der Waals surface area contributed by atoms with Gasteiger partial charge in [0.2, 0.25) is 0 Å². The predicted octanol–water partition coefficient (Wildman–Crippen LogP) is 5.23. The maximum absolute atomic E-state index is 13.3. The Morgan fingerprint density at radius 1 is 1.03 bits per heavy atom. The predicted molar refractivity (Wildman–Crippen MR) is 142 cm³/mol. The normalized spacial score (nSPS) is 11.2. The lowest BCUT2D eigenvalue weighted by Gasteiger charge is -2.15. The van der Waals surface area contributed by atoms with Gasteiger partial charge in [-0.25, -0.2) is 15.0 Å². The number of hydrogen-bond acceptors (Lipinski definition) is 9. The highest BCUT2D eigenvalue weighted by atomic mass is 32.1. The summed E-state index contributed by atoms with van der Waals surface area (Å²) in [6, 6.07) is 12.4. The Morgan fingerprint density at radius 2 is 1.92 bits per heavy atom. The second kappa shape index (κ2) is 8.43. The molecular formula is C26H18N6O3S. The minimum Gasteiger partial charge on any atom is -0.464 e. The Morgan fingerprint density at radius 3 is 2.81 bits per heavy atom. The van der Waals surface area contributed by atoms with Gasteiger partial charge in [-0.1, -0.05) is 12.1 Å². The maximum Gasteiger partial charge on any atom is 0.258 e. The molecule has 4 N–H and O–H groups in total. The molecule has 0 spiro atoms. The molecule has 0 saturated heterocycles. The molecule has 0 aliphatic heterocycles. The van der Waals surface area contributed by atoms with Gasteiger partial charge in [-0.15, -0.1) is 11.3 Å². The fourth-order valence-corrected chi connectivity index (χ4v) is 5.04.